The zero-order valence-electron chi connectivity index (χ0n) is 22.7. The fourth-order valence-corrected chi connectivity index (χ4v) is 4.81. The number of carbonyl (C=O) groups excluding carboxylic acids is 1. The van der Waals surface area contributed by atoms with Gasteiger partial charge in [0.1, 0.15) is 17.8 Å². The summed E-state index contributed by atoms with van der Waals surface area (Å²) >= 11 is 1.29. The molecule has 1 N–H and O–H groups in total. The molecule has 3 heterocycles. The summed E-state index contributed by atoms with van der Waals surface area (Å²) in [5.74, 6) is -0.311. The fourth-order valence-electron chi connectivity index (χ4n) is 3.76. The number of ether oxygens (including phenoxy) is 2. The standard InChI is InChI=1S/C28H32F3N3O5S/c1-18(33-39-24-9-5-6-12-37-24)17-38-22-11-10-19(28(29,30)31)14-21(22)25(35)32-26-34(15-20-8-7-13-36-20)16-23(40-26)27(2,3)4/h7-8,10-11,13-14,16-17,24,33H,5-6,9,12,15H2,1-4H3. The molecule has 1 atom stereocenters. The van der Waals surface area contributed by atoms with Gasteiger partial charge in [0.25, 0.3) is 5.91 Å². The number of hydrogen-bond donors (Lipinski definition) is 1. The number of alkyl halides is 3. The number of halogens is 3. The first kappa shape index (κ1) is 29.6. The number of allylic oxidation sites excluding steroid dienone is 1. The van der Waals surface area contributed by atoms with Gasteiger partial charge >= 0.3 is 6.18 Å². The Kier molecular flexibility index (Phi) is 9.22. The molecule has 0 bridgehead atoms. The molecule has 2 aromatic heterocycles. The van der Waals surface area contributed by atoms with Crippen LogP contribution in [0.3, 0.4) is 0 Å². The molecule has 0 spiro atoms. The first-order chi connectivity index (χ1) is 18.9. The van der Waals surface area contributed by atoms with Crippen LogP contribution in [0.1, 0.15) is 73.5 Å². The Labute approximate surface area is 234 Å². The highest BCUT2D eigenvalue weighted by Gasteiger charge is 2.32. The van der Waals surface area contributed by atoms with Gasteiger partial charge < -0.3 is 18.5 Å². The van der Waals surface area contributed by atoms with Gasteiger partial charge in [0, 0.05) is 24.1 Å². The van der Waals surface area contributed by atoms with Crippen LogP contribution < -0.4 is 15.0 Å². The number of nitrogens with one attached hydrogen (secondary N) is 1. The summed E-state index contributed by atoms with van der Waals surface area (Å²) in [7, 11) is 0. The van der Waals surface area contributed by atoms with E-state index in [4.69, 9.17) is 18.7 Å². The Bertz CT molecular complexity index is 1400. The van der Waals surface area contributed by atoms with Gasteiger partial charge in [-0.2, -0.15) is 18.2 Å². The molecule has 1 unspecified atom stereocenters. The topological polar surface area (TPSA) is 87.2 Å². The molecule has 0 aliphatic carbocycles. The number of hydrogen-bond acceptors (Lipinski definition) is 7. The highest BCUT2D eigenvalue weighted by molar-refractivity contribution is 7.09. The van der Waals surface area contributed by atoms with Crippen molar-refractivity contribution in [1.82, 2.24) is 10.0 Å². The molecule has 1 aliphatic heterocycles. The summed E-state index contributed by atoms with van der Waals surface area (Å²) < 4.78 is 58.9. The van der Waals surface area contributed by atoms with Gasteiger partial charge in [-0.1, -0.05) is 20.8 Å². The molecule has 0 saturated carbocycles. The largest absolute Gasteiger partial charge is 0.467 e. The minimum Gasteiger partial charge on any atom is -0.467 e. The zero-order valence-corrected chi connectivity index (χ0v) is 23.5. The average molecular weight is 580 g/mol. The van der Waals surface area contributed by atoms with E-state index in [0.717, 1.165) is 42.3 Å². The lowest BCUT2D eigenvalue weighted by Crippen LogP contribution is -2.28. The number of rotatable bonds is 8. The van der Waals surface area contributed by atoms with Crippen LogP contribution in [-0.4, -0.2) is 23.4 Å². The van der Waals surface area contributed by atoms with Crippen LogP contribution in [-0.2, 0) is 27.7 Å². The van der Waals surface area contributed by atoms with E-state index < -0.39 is 23.9 Å². The summed E-state index contributed by atoms with van der Waals surface area (Å²) in [5.41, 5.74) is 1.58. The SMILES string of the molecule is CC(=COc1ccc(C(F)(F)F)cc1C(=O)N=c1sc(C(C)(C)C)cn1Cc1ccco1)NOC1CCCCO1. The van der Waals surface area contributed by atoms with E-state index in [9.17, 15) is 18.0 Å². The van der Waals surface area contributed by atoms with Crippen molar-refractivity contribution in [2.45, 2.75) is 71.4 Å². The zero-order chi connectivity index (χ0) is 28.9. The molecular weight excluding hydrogens is 547 g/mol. The second-order valence-corrected chi connectivity index (χ2v) is 11.4. The van der Waals surface area contributed by atoms with Crippen molar-refractivity contribution in [2.75, 3.05) is 6.61 Å². The van der Waals surface area contributed by atoms with Crippen LogP contribution in [0.4, 0.5) is 13.2 Å². The number of furan rings is 1. The average Bonchev–Trinajstić information content (AvgIpc) is 3.56. The Morgan fingerprint density at radius 2 is 2.05 bits per heavy atom. The number of aromatic nitrogens is 1. The molecule has 40 heavy (non-hydrogen) atoms. The van der Waals surface area contributed by atoms with Crippen molar-refractivity contribution in [3.05, 3.63) is 81.3 Å². The van der Waals surface area contributed by atoms with Crippen LogP contribution in [0.2, 0.25) is 0 Å². The summed E-state index contributed by atoms with van der Waals surface area (Å²) in [4.78, 5) is 24.4. The van der Waals surface area contributed by atoms with E-state index in [1.807, 2.05) is 27.0 Å². The molecule has 0 radical (unpaired) electrons. The molecule has 1 fully saturated rings. The molecule has 1 amide bonds. The van der Waals surface area contributed by atoms with E-state index in [-0.39, 0.29) is 16.7 Å². The maximum absolute atomic E-state index is 13.5. The molecule has 3 aromatic rings. The second kappa shape index (κ2) is 12.4. The van der Waals surface area contributed by atoms with Crippen LogP contribution in [0.5, 0.6) is 5.75 Å². The quantitative estimate of drug-likeness (QED) is 0.241. The maximum Gasteiger partial charge on any atom is 0.416 e. The van der Waals surface area contributed by atoms with Crippen molar-refractivity contribution in [1.29, 1.82) is 0 Å². The molecule has 216 valence electrons. The Morgan fingerprint density at radius 1 is 1.25 bits per heavy atom. The van der Waals surface area contributed by atoms with Crippen molar-refractivity contribution in [3.8, 4) is 5.75 Å². The molecular formula is C28H32F3N3O5S. The first-order valence-electron chi connectivity index (χ1n) is 12.8. The Hall–Kier alpha value is -3.35. The van der Waals surface area contributed by atoms with Crippen molar-refractivity contribution >= 4 is 17.2 Å². The lowest BCUT2D eigenvalue weighted by molar-refractivity contribution is -0.190. The number of thiazole rings is 1. The predicted octanol–water partition coefficient (Wildman–Crippen LogP) is 6.54. The summed E-state index contributed by atoms with van der Waals surface area (Å²) in [5, 5.41) is 0. The van der Waals surface area contributed by atoms with E-state index in [1.165, 1.54) is 17.6 Å². The highest BCUT2D eigenvalue weighted by atomic mass is 32.1. The van der Waals surface area contributed by atoms with Gasteiger partial charge in [0.15, 0.2) is 11.1 Å². The van der Waals surface area contributed by atoms with Gasteiger partial charge in [-0.05, 0) is 55.5 Å². The minimum absolute atomic E-state index is 0.0815. The monoisotopic (exact) mass is 579 g/mol. The van der Waals surface area contributed by atoms with Gasteiger partial charge in [-0.25, -0.2) is 4.84 Å². The van der Waals surface area contributed by atoms with Crippen molar-refractivity contribution < 1.29 is 36.7 Å². The molecule has 8 nitrogen and oxygen atoms in total. The van der Waals surface area contributed by atoms with Crippen molar-refractivity contribution in [2.24, 2.45) is 4.99 Å². The van der Waals surface area contributed by atoms with Gasteiger partial charge in [-0.15, -0.1) is 11.3 Å². The number of carbonyl (C=O) groups is 1. The fraction of sp³-hybridized carbons (Fsp3) is 0.429. The lowest BCUT2D eigenvalue weighted by atomic mass is 9.95. The van der Waals surface area contributed by atoms with E-state index in [2.05, 4.69) is 10.5 Å². The minimum atomic E-state index is -4.66. The smallest absolute Gasteiger partial charge is 0.416 e. The predicted molar refractivity (Wildman–Crippen MR) is 142 cm³/mol. The van der Waals surface area contributed by atoms with E-state index >= 15 is 0 Å². The number of benzene rings is 1. The Balaban J connectivity index is 1.64. The van der Waals surface area contributed by atoms with Crippen LogP contribution in [0.25, 0.3) is 0 Å². The summed E-state index contributed by atoms with van der Waals surface area (Å²) in [6.07, 6.45) is 2.29. The Morgan fingerprint density at radius 3 is 2.70 bits per heavy atom. The third kappa shape index (κ3) is 7.86. The maximum atomic E-state index is 13.5. The number of hydroxylamine groups is 1. The van der Waals surface area contributed by atoms with Crippen LogP contribution in [0.15, 0.2) is 64.2 Å². The molecule has 12 heteroatoms. The molecule has 1 saturated heterocycles. The van der Waals surface area contributed by atoms with E-state index in [1.54, 1.807) is 29.9 Å². The first-order valence-corrected chi connectivity index (χ1v) is 13.6. The number of nitrogens with zero attached hydrogens (tertiary/aromatic N) is 2. The van der Waals surface area contributed by atoms with Gasteiger partial charge in [-0.3, -0.25) is 10.3 Å². The summed E-state index contributed by atoms with van der Waals surface area (Å²) in [6, 6.07) is 6.25. The normalized spacial score (nSPS) is 17.2. The van der Waals surface area contributed by atoms with Gasteiger partial charge in [0.05, 0.1) is 29.6 Å². The highest BCUT2D eigenvalue weighted by Crippen LogP contribution is 2.33. The molecule has 1 aromatic carbocycles. The molecule has 1 aliphatic rings. The second-order valence-electron chi connectivity index (χ2n) is 10.4. The van der Waals surface area contributed by atoms with Crippen LogP contribution in [0, 0.1) is 0 Å². The van der Waals surface area contributed by atoms with Crippen molar-refractivity contribution in [3.63, 3.8) is 0 Å². The molecule has 4 rings (SSSR count). The lowest BCUT2D eigenvalue weighted by Gasteiger charge is -2.22. The third-order valence-corrected chi connectivity index (χ3v) is 7.40. The number of amides is 1. The third-order valence-electron chi connectivity index (χ3n) is 5.95. The van der Waals surface area contributed by atoms with Crippen LogP contribution >= 0.6 is 11.3 Å². The summed E-state index contributed by atoms with van der Waals surface area (Å²) in [6.45, 7) is 8.62. The van der Waals surface area contributed by atoms with Gasteiger partial charge in [0.2, 0.25) is 0 Å². The van der Waals surface area contributed by atoms with E-state index in [0.29, 0.717) is 29.4 Å².